The first-order valence-corrected chi connectivity index (χ1v) is 7.05. The highest BCUT2D eigenvalue weighted by Crippen LogP contribution is 2.23. The second-order valence-electron chi connectivity index (χ2n) is 4.83. The Balaban J connectivity index is 2.20. The van der Waals surface area contributed by atoms with Crippen LogP contribution < -0.4 is 0 Å². The molecule has 5 heteroatoms. The van der Waals surface area contributed by atoms with Crippen molar-refractivity contribution < 1.29 is 9.50 Å². The van der Waals surface area contributed by atoms with E-state index in [2.05, 4.69) is 17.2 Å². The van der Waals surface area contributed by atoms with Crippen LogP contribution in [0.3, 0.4) is 0 Å². The fourth-order valence-corrected chi connectivity index (χ4v) is 2.22. The van der Waals surface area contributed by atoms with Crippen molar-refractivity contribution in [3.8, 4) is 11.3 Å². The van der Waals surface area contributed by atoms with E-state index >= 15 is 0 Å². The molecule has 0 radical (unpaired) electrons. The molecule has 0 aliphatic carbocycles. The maximum Gasteiger partial charge on any atom is 0.123 e. The molecule has 0 bridgehead atoms. The highest BCUT2D eigenvalue weighted by atomic mass is 19.1. The molecular weight excluding hydrogens is 257 g/mol. The topological polar surface area (TPSA) is 50.9 Å². The van der Waals surface area contributed by atoms with E-state index in [1.165, 1.54) is 25.0 Å². The lowest BCUT2D eigenvalue weighted by molar-refractivity contribution is 0.277. The number of aryl methyl sites for hydroxylation is 1. The van der Waals surface area contributed by atoms with Crippen LogP contribution in [0.4, 0.5) is 4.39 Å². The number of aliphatic hydroxyl groups excluding tert-OH is 1. The van der Waals surface area contributed by atoms with Gasteiger partial charge in [-0.2, -0.15) is 0 Å². The standard InChI is InChI=1S/C15H20FN3O/c1-2-3-4-5-10-19-15(14(11-20)17-18-19)12-6-8-13(16)9-7-12/h6-9,20H,2-5,10-11H2,1H3. The summed E-state index contributed by atoms with van der Waals surface area (Å²) in [5.41, 5.74) is 2.15. The Kier molecular flexibility index (Phi) is 5.24. The Labute approximate surface area is 118 Å². The van der Waals surface area contributed by atoms with Crippen LogP contribution in [0.25, 0.3) is 11.3 Å². The first-order valence-electron chi connectivity index (χ1n) is 7.05. The lowest BCUT2D eigenvalue weighted by atomic mass is 10.1. The van der Waals surface area contributed by atoms with Crippen molar-refractivity contribution in [1.82, 2.24) is 15.0 Å². The summed E-state index contributed by atoms with van der Waals surface area (Å²) in [6, 6.07) is 6.20. The van der Waals surface area contributed by atoms with Gasteiger partial charge in [-0.05, 0) is 30.7 Å². The largest absolute Gasteiger partial charge is 0.390 e. The summed E-state index contributed by atoms with van der Waals surface area (Å²) < 4.78 is 14.8. The summed E-state index contributed by atoms with van der Waals surface area (Å²) in [5, 5.41) is 17.5. The number of nitrogens with zero attached hydrogens (tertiary/aromatic N) is 3. The number of aliphatic hydroxyl groups is 1. The van der Waals surface area contributed by atoms with Crippen LogP contribution in [0.1, 0.15) is 38.3 Å². The van der Waals surface area contributed by atoms with Crippen LogP contribution in [0.5, 0.6) is 0 Å². The van der Waals surface area contributed by atoms with Gasteiger partial charge in [0.2, 0.25) is 0 Å². The van der Waals surface area contributed by atoms with Crippen molar-refractivity contribution in [1.29, 1.82) is 0 Å². The molecule has 0 atom stereocenters. The third-order valence-corrected chi connectivity index (χ3v) is 3.30. The van der Waals surface area contributed by atoms with E-state index in [9.17, 15) is 9.50 Å². The molecule has 1 aromatic heterocycles. The van der Waals surface area contributed by atoms with Gasteiger partial charge in [-0.3, -0.25) is 0 Å². The van der Waals surface area contributed by atoms with E-state index in [1.54, 1.807) is 16.8 Å². The molecule has 0 saturated heterocycles. The maximum atomic E-state index is 13.0. The average Bonchev–Trinajstić information content (AvgIpc) is 2.87. The summed E-state index contributed by atoms with van der Waals surface area (Å²) in [6.45, 7) is 2.77. The van der Waals surface area contributed by atoms with Gasteiger partial charge >= 0.3 is 0 Å². The Morgan fingerprint density at radius 3 is 2.55 bits per heavy atom. The minimum atomic E-state index is -0.277. The number of benzene rings is 1. The van der Waals surface area contributed by atoms with E-state index in [4.69, 9.17) is 0 Å². The third-order valence-electron chi connectivity index (χ3n) is 3.30. The molecule has 4 nitrogen and oxygen atoms in total. The zero-order valence-electron chi connectivity index (χ0n) is 11.7. The molecule has 20 heavy (non-hydrogen) atoms. The van der Waals surface area contributed by atoms with Crippen LogP contribution in [0.15, 0.2) is 24.3 Å². The number of aromatic nitrogens is 3. The zero-order chi connectivity index (χ0) is 14.4. The Hall–Kier alpha value is -1.75. The summed E-state index contributed by atoms with van der Waals surface area (Å²) >= 11 is 0. The molecule has 0 spiro atoms. The number of rotatable bonds is 7. The molecule has 1 heterocycles. The summed E-state index contributed by atoms with van der Waals surface area (Å²) in [4.78, 5) is 0. The average molecular weight is 277 g/mol. The maximum absolute atomic E-state index is 13.0. The van der Waals surface area contributed by atoms with Gasteiger partial charge in [0.05, 0.1) is 12.3 Å². The Bertz CT molecular complexity index is 537. The minimum Gasteiger partial charge on any atom is -0.390 e. The van der Waals surface area contributed by atoms with E-state index < -0.39 is 0 Å². The van der Waals surface area contributed by atoms with Crippen LogP contribution in [0.2, 0.25) is 0 Å². The zero-order valence-corrected chi connectivity index (χ0v) is 11.7. The smallest absolute Gasteiger partial charge is 0.123 e. The summed E-state index contributed by atoms with van der Waals surface area (Å²) in [7, 11) is 0. The monoisotopic (exact) mass is 277 g/mol. The normalized spacial score (nSPS) is 10.9. The molecule has 0 amide bonds. The quantitative estimate of drug-likeness (QED) is 0.791. The highest BCUT2D eigenvalue weighted by molar-refractivity contribution is 5.61. The molecule has 0 unspecified atom stereocenters. The first kappa shape index (κ1) is 14.7. The first-order chi connectivity index (χ1) is 9.76. The molecule has 2 rings (SSSR count). The van der Waals surface area contributed by atoms with Gasteiger partial charge in [-0.15, -0.1) is 5.10 Å². The molecule has 0 aliphatic heterocycles. The van der Waals surface area contributed by atoms with Crippen molar-refractivity contribution in [2.24, 2.45) is 0 Å². The molecule has 0 aliphatic rings. The van der Waals surface area contributed by atoms with Crippen molar-refractivity contribution in [2.45, 2.75) is 45.8 Å². The van der Waals surface area contributed by atoms with E-state index in [0.717, 1.165) is 30.6 Å². The van der Waals surface area contributed by atoms with Crippen LogP contribution in [-0.4, -0.2) is 20.1 Å². The highest BCUT2D eigenvalue weighted by Gasteiger charge is 2.14. The van der Waals surface area contributed by atoms with Crippen molar-refractivity contribution in [3.63, 3.8) is 0 Å². The van der Waals surface area contributed by atoms with Crippen molar-refractivity contribution in [2.75, 3.05) is 0 Å². The number of halogens is 1. The van der Waals surface area contributed by atoms with Crippen molar-refractivity contribution in [3.05, 3.63) is 35.8 Å². The number of hydrogen-bond acceptors (Lipinski definition) is 3. The third kappa shape index (κ3) is 3.42. The molecule has 2 aromatic rings. The molecule has 1 N–H and O–H groups in total. The van der Waals surface area contributed by atoms with Gasteiger partial charge in [0, 0.05) is 12.1 Å². The predicted octanol–water partition coefficient (Wildman–Crippen LogP) is 3.16. The van der Waals surface area contributed by atoms with Gasteiger partial charge in [0.1, 0.15) is 11.5 Å². The fourth-order valence-electron chi connectivity index (χ4n) is 2.22. The Morgan fingerprint density at radius 1 is 1.15 bits per heavy atom. The van der Waals surface area contributed by atoms with Crippen molar-refractivity contribution >= 4 is 0 Å². The van der Waals surface area contributed by atoms with E-state index in [-0.39, 0.29) is 12.4 Å². The second kappa shape index (κ2) is 7.14. The molecule has 108 valence electrons. The van der Waals surface area contributed by atoms with Gasteiger partial charge < -0.3 is 5.11 Å². The summed E-state index contributed by atoms with van der Waals surface area (Å²) in [5.74, 6) is -0.277. The molecule has 0 saturated carbocycles. The van der Waals surface area contributed by atoms with Crippen LogP contribution in [-0.2, 0) is 13.2 Å². The molecular formula is C15H20FN3O. The number of hydrogen-bond donors (Lipinski definition) is 1. The van der Waals surface area contributed by atoms with Gasteiger partial charge in [-0.1, -0.05) is 31.4 Å². The fraction of sp³-hybridized carbons (Fsp3) is 0.467. The number of unbranched alkanes of at least 4 members (excludes halogenated alkanes) is 3. The van der Waals surface area contributed by atoms with Gasteiger partial charge in [0.15, 0.2) is 0 Å². The molecule has 0 fully saturated rings. The van der Waals surface area contributed by atoms with Crippen LogP contribution >= 0.6 is 0 Å². The van der Waals surface area contributed by atoms with Gasteiger partial charge in [-0.25, -0.2) is 9.07 Å². The van der Waals surface area contributed by atoms with Gasteiger partial charge in [0.25, 0.3) is 0 Å². The van der Waals surface area contributed by atoms with E-state index in [0.29, 0.717) is 5.69 Å². The molecule has 1 aromatic carbocycles. The van der Waals surface area contributed by atoms with E-state index in [1.807, 2.05) is 0 Å². The lowest BCUT2D eigenvalue weighted by Gasteiger charge is -2.07. The summed E-state index contributed by atoms with van der Waals surface area (Å²) in [6.07, 6.45) is 4.56. The minimum absolute atomic E-state index is 0.165. The SMILES string of the molecule is CCCCCCn1nnc(CO)c1-c1ccc(F)cc1. The second-order valence-corrected chi connectivity index (χ2v) is 4.83. The van der Waals surface area contributed by atoms with Crippen LogP contribution in [0, 0.1) is 5.82 Å². The predicted molar refractivity (Wildman–Crippen MR) is 75.5 cm³/mol. The Morgan fingerprint density at radius 2 is 1.90 bits per heavy atom. The lowest BCUT2D eigenvalue weighted by Crippen LogP contribution is -2.03.